The number of rotatable bonds is 8. The molecule has 22 heavy (non-hydrogen) atoms. The zero-order valence-electron chi connectivity index (χ0n) is 13.5. The van der Waals surface area contributed by atoms with E-state index in [9.17, 15) is 9.59 Å². The molecule has 0 aliphatic rings. The van der Waals surface area contributed by atoms with Gasteiger partial charge >= 0.3 is 0 Å². The Labute approximate surface area is 131 Å². The quantitative estimate of drug-likeness (QED) is 0.756. The molecule has 122 valence electrons. The number of primary amides is 1. The predicted molar refractivity (Wildman–Crippen MR) is 83.8 cm³/mol. The molecule has 0 aromatic heterocycles. The lowest BCUT2D eigenvalue weighted by Gasteiger charge is -2.19. The first kappa shape index (κ1) is 17.8. The molecule has 0 fully saturated rings. The molecule has 0 aliphatic heterocycles. The first-order chi connectivity index (χ1) is 10.4. The highest BCUT2D eigenvalue weighted by Gasteiger charge is 2.21. The maximum Gasteiger partial charge on any atom is 0.258 e. The number of ether oxygens (including phenoxy) is 2. The molecule has 6 heteroatoms. The van der Waals surface area contributed by atoms with E-state index in [0.29, 0.717) is 11.5 Å². The molecule has 1 aromatic carbocycles. The van der Waals surface area contributed by atoms with Gasteiger partial charge in [0, 0.05) is 0 Å². The van der Waals surface area contributed by atoms with Gasteiger partial charge in [0.05, 0.1) is 7.11 Å². The minimum atomic E-state index is -0.708. The Morgan fingerprint density at radius 3 is 2.45 bits per heavy atom. The third-order valence-electron chi connectivity index (χ3n) is 3.28. The molecule has 0 saturated heterocycles. The van der Waals surface area contributed by atoms with Crippen LogP contribution in [0.4, 0.5) is 0 Å². The van der Waals surface area contributed by atoms with Gasteiger partial charge in [0.25, 0.3) is 5.91 Å². The first-order valence-electron chi connectivity index (χ1n) is 7.27. The fourth-order valence-corrected chi connectivity index (χ4v) is 1.98. The van der Waals surface area contributed by atoms with E-state index in [-0.39, 0.29) is 12.5 Å². The number of hydrogen-bond acceptors (Lipinski definition) is 4. The van der Waals surface area contributed by atoms with Gasteiger partial charge in [-0.2, -0.15) is 0 Å². The van der Waals surface area contributed by atoms with Crippen molar-refractivity contribution in [3.8, 4) is 11.5 Å². The fourth-order valence-electron chi connectivity index (χ4n) is 1.98. The summed E-state index contributed by atoms with van der Waals surface area (Å²) in [6.07, 6.45) is 0.881. The van der Waals surface area contributed by atoms with E-state index in [2.05, 4.69) is 5.32 Å². The number of carbonyl (C=O) groups is 2. The van der Waals surface area contributed by atoms with Gasteiger partial charge in [0.15, 0.2) is 18.1 Å². The molecule has 1 unspecified atom stereocenters. The van der Waals surface area contributed by atoms with E-state index < -0.39 is 17.9 Å². The van der Waals surface area contributed by atoms with E-state index in [1.807, 2.05) is 32.9 Å². The Balaban J connectivity index is 2.66. The van der Waals surface area contributed by atoms with Crippen molar-refractivity contribution in [1.82, 2.24) is 5.32 Å². The summed E-state index contributed by atoms with van der Waals surface area (Å²) in [6, 6.07) is 4.84. The normalized spacial score (nSPS) is 11.9. The number of nitrogens with one attached hydrogen (secondary N) is 1. The van der Waals surface area contributed by atoms with Crippen molar-refractivity contribution >= 4 is 11.8 Å². The zero-order valence-corrected chi connectivity index (χ0v) is 13.5. The van der Waals surface area contributed by atoms with E-state index in [1.165, 1.54) is 0 Å². The monoisotopic (exact) mass is 308 g/mol. The Morgan fingerprint density at radius 1 is 1.27 bits per heavy atom. The second kappa shape index (κ2) is 8.26. The van der Waals surface area contributed by atoms with Crippen molar-refractivity contribution in [2.45, 2.75) is 33.2 Å². The van der Waals surface area contributed by atoms with Gasteiger partial charge in [-0.05, 0) is 30.0 Å². The second-order valence-electron chi connectivity index (χ2n) is 5.32. The van der Waals surface area contributed by atoms with Gasteiger partial charge in [-0.25, -0.2) is 0 Å². The minimum Gasteiger partial charge on any atom is -0.493 e. The first-order valence-corrected chi connectivity index (χ1v) is 7.27. The molecule has 1 atom stereocenters. The van der Waals surface area contributed by atoms with Crippen LogP contribution in [0, 0.1) is 5.92 Å². The van der Waals surface area contributed by atoms with Crippen LogP contribution < -0.4 is 20.5 Å². The molecule has 6 nitrogen and oxygen atoms in total. The third-order valence-corrected chi connectivity index (χ3v) is 3.28. The average Bonchev–Trinajstić information content (AvgIpc) is 2.49. The topological polar surface area (TPSA) is 90.6 Å². The van der Waals surface area contributed by atoms with Crippen LogP contribution in [0.2, 0.25) is 0 Å². The van der Waals surface area contributed by atoms with Gasteiger partial charge in [-0.3, -0.25) is 9.59 Å². The van der Waals surface area contributed by atoms with Crippen LogP contribution in [-0.4, -0.2) is 31.6 Å². The maximum atomic E-state index is 11.9. The van der Waals surface area contributed by atoms with Crippen LogP contribution in [0.15, 0.2) is 18.2 Å². The van der Waals surface area contributed by atoms with Crippen molar-refractivity contribution in [3.05, 3.63) is 23.8 Å². The summed E-state index contributed by atoms with van der Waals surface area (Å²) < 4.78 is 10.7. The van der Waals surface area contributed by atoms with Crippen molar-refractivity contribution in [1.29, 1.82) is 0 Å². The fraction of sp³-hybridized carbons (Fsp3) is 0.500. The van der Waals surface area contributed by atoms with Crippen LogP contribution >= 0.6 is 0 Å². The summed E-state index contributed by atoms with van der Waals surface area (Å²) in [7, 11) is 1.55. The van der Waals surface area contributed by atoms with Gasteiger partial charge < -0.3 is 20.5 Å². The summed E-state index contributed by atoms with van der Waals surface area (Å²) in [5.41, 5.74) is 6.37. The zero-order chi connectivity index (χ0) is 16.7. The van der Waals surface area contributed by atoms with Gasteiger partial charge in [-0.15, -0.1) is 0 Å². The highest BCUT2D eigenvalue weighted by atomic mass is 16.5. The second-order valence-corrected chi connectivity index (χ2v) is 5.32. The lowest BCUT2D eigenvalue weighted by Crippen LogP contribution is -2.49. The summed E-state index contributed by atoms with van der Waals surface area (Å²) in [5, 5.41) is 2.57. The van der Waals surface area contributed by atoms with E-state index in [1.54, 1.807) is 13.2 Å². The van der Waals surface area contributed by atoms with Crippen LogP contribution in [0.5, 0.6) is 11.5 Å². The molecule has 0 aliphatic carbocycles. The SMILES string of the molecule is CCc1ccc(OCC(=O)NC(C(N)=O)C(C)C)c(OC)c1. The van der Waals surface area contributed by atoms with E-state index in [0.717, 1.165) is 12.0 Å². The van der Waals surface area contributed by atoms with Crippen molar-refractivity contribution in [3.63, 3.8) is 0 Å². The summed E-state index contributed by atoms with van der Waals surface area (Å²) >= 11 is 0. The molecule has 0 bridgehead atoms. The largest absolute Gasteiger partial charge is 0.493 e. The number of nitrogens with two attached hydrogens (primary N) is 1. The Bertz CT molecular complexity index is 529. The molecule has 2 amide bonds. The van der Waals surface area contributed by atoms with Crippen LogP contribution in [0.25, 0.3) is 0 Å². The molecule has 0 saturated carbocycles. The highest BCUT2D eigenvalue weighted by molar-refractivity contribution is 5.87. The van der Waals surface area contributed by atoms with E-state index >= 15 is 0 Å². The van der Waals surface area contributed by atoms with Crippen molar-refractivity contribution in [2.75, 3.05) is 13.7 Å². The number of aryl methyl sites for hydroxylation is 1. The molecular weight excluding hydrogens is 284 g/mol. The number of amides is 2. The van der Waals surface area contributed by atoms with Crippen molar-refractivity contribution in [2.24, 2.45) is 11.7 Å². The number of carbonyl (C=O) groups excluding carboxylic acids is 2. The third kappa shape index (κ3) is 4.95. The molecule has 3 N–H and O–H groups in total. The predicted octanol–water partition coefficient (Wildman–Crippen LogP) is 1.26. The highest BCUT2D eigenvalue weighted by Crippen LogP contribution is 2.28. The van der Waals surface area contributed by atoms with E-state index in [4.69, 9.17) is 15.2 Å². The smallest absolute Gasteiger partial charge is 0.258 e. The molecule has 0 radical (unpaired) electrons. The Morgan fingerprint density at radius 2 is 1.95 bits per heavy atom. The van der Waals surface area contributed by atoms with Gasteiger partial charge in [0.1, 0.15) is 6.04 Å². The molecule has 0 heterocycles. The molecule has 1 aromatic rings. The summed E-state index contributed by atoms with van der Waals surface area (Å²) in [5.74, 6) is 0.00431. The van der Waals surface area contributed by atoms with Crippen LogP contribution in [0.1, 0.15) is 26.3 Å². The van der Waals surface area contributed by atoms with Gasteiger partial charge in [-0.1, -0.05) is 26.8 Å². The number of methoxy groups -OCH3 is 1. The lowest BCUT2D eigenvalue weighted by atomic mass is 10.0. The molecular formula is C16H24N2O4. The number of hydrogen-bond donors (Lipinski definition) is 2. The Kier molecular flexibility index (Phi) is 6.69. The average molecular weight is 308 g/mol. The summed E-state index contributed by atoms with van der Waals surface area (Å²) in [4.78, 5) is 23.1. The summed E-state index contributed by atoms with van der Waals surface area (Å²) in [6.45, 7) is 5.45. The molecule has 1 rings (SSSR count). The maximum absolute atomic E-state index is 11.9. The van der Waals surface area contributed by atoms with Crippen LogP contribution in [0.3, 0.4) is 0 Å². The Hall–Kier alpha value is -2.24. The standard InChI is InChI=1S/C16H24N2O4/c1-5-11-6-7-12(13(8-11)21-4)22-9-14(19)18-15(10(2)3)16(17)20/h6-8,10,15H,5,9H2,1-4H3,(H2,17,20)(H,18,19). The van der Waals surface area contributed by atoms with Crippen LogP contribution in [-0.2, 0) is 16.0 Å². The lowest BCUT2D eigenvalue weighted by molar-refractivity contribution is -0.129. The van der Waals surface area contributed by atoms with Crippen molar-refractivity contribution < 1.29 is 19.1 Å². The minimum absolute atomic E-state index is 0.0835. The number of benzene rings is 1. The van der Waals surface area contributed by atoms with Gasteiger partial charge in [0.2, 0.25) is 5.91 Å². The molecule has 0 spiro atoms.